The van der Waals surface area contributed by atoms with Gasteiger partial charge in [-0.25, -0.2) is 0 Å². The molecule has 4 nitrogen and oxygen atoms in total. The molecule has 0 amide bonds. The predicted octanol–water partition coefficient (Wildman–Crippen LogP) is 8.02. The van der Waals surface area contributed by atoms with Crippen molar-refractivity contribution in [3.05, 3.63) is 0 Å². The predicted molar refractivity (Wildman–Crippen MR) is 130 cm³/mol. The highest BCUT2D eigenvalue weighted by atomic mass is 16.5. The van der Waals surface area contributed by atoms with E-state index in [1.54, 1.807) is 0 Å². The fraction of sp³-hybridized carbons (Fsp3) is 0.926. The highest BCUT2D eigenvalue weighted by Crippen LogP contribution is 2.31. The normalized spacial score (nSPS) is 12.5. The quantitative estimate of drug-likeness (QED) is 0.134. The lowest BCUT2D eigenvalue weighted by Crippen LogP contribution is -2.34. The molecule has 184 valence electrons. The van der Waals surface area contributed by atoms with Gasteiger partial charge in [0.2, 0.25) is 0 Å². The van der Waals surface area contributed by atoms with Crippen LogP contribution in [0.5, 0.6) is 0 Å². The van der Waals surface area contributed by atoms with E-state index in [1.807, 2.05) is 20.8 Å². The number of rotatable bonds is 21. The lowest BCUT2D eigenvalue weighted by molar-refractivity contribution is -0.158. The van der Waals surface area contributed by atoms with Gasteiger partial charge in [0.25, 0.3) is 0 Å². The highest BCUT2D eigenvalue weighted by Gasteiger charge is 2.35. The van der Waals surface area contributed by atoms with Crippen molar-refractivity contribution in [1.29, 1.82) is 0 Å². The van der Waals surface area contributed by atoms with Gasteiger partial charge in [-0.3, -0.25) is 9.59 Å². The Morgan fingerprint density at radius 2 is 1.10 bits per heavy atom. The summed E-state index contributed by atoms with van der Waals surface area (Å²) in [5.74, 6) is -0.230. The fourth-order valence-corrected chi connectivity index (χ4v) is 3.62. The maximum atomic E-state index is 12.5. The zero-order chi connectivity index (χ0) is 23.4. The Hall–Kier alpha value is -1.06. The van der Waals surface area contributed by atoms with Crippen molar-refractivity contribution in [1.82, 2.24) is 0 Å². The first-order chi connectivity index (χ1) is 14.9. The molecular formula is C27H52O4. The van der Waals surface area contributed by atoms with Gasteiger partial charge in [-0.15, -0.1) is 0 Å². The Bertz CT molecular complexity index is 445. The molecule has 0 radical (unpaired) electrons. The topological polar surface area (TPSA) is 52.6 Å². The van der Waals surface area contributed by atoms with E-state index in [0.717, 1.165) is 25.7 Å². The van der Waals surface area contributed by atoms with Crippen molar-refractivity contribution in [3.8, 4) is 0 Å². The van der Waals surface area contributed by atoms with E-state index in [-0.39, 0.29) is 17.9 Å². The van der Waals surface area contributed by atoms with Gasteiger partial charge in [-0.1, -0.05) is 97.8 Å². The van der Waals surface area contributed by atoms with E-state index in [9.17, 15) is 9.59 Å². The van der Waals surface area contributed by atoms with Crippen molar-refractivity contribution in [2.24, 2.45) is 11.3 Å². The minimum atomic E-state index is -0.583. The highest BCUT2D eigenvalue weighted by molar-refractivity contribution is 5.76. The molecule has 0 bridgehead atoms. The summed E-state index contributed by atoms with van der Waals surface area (Å²) in [4.78, 5) is 24.5. The van der Waals surface area contributed by atoms with Crippen molar-refractivity contribution in [3.63, 3.8) is 0 Å². The first-order valence-corrected chi connectivity index (χ1v) is 13.2. The molecule has 0 N–H and O–H groups in total. The van der Waals surface area contributed by atoms with Crippen LogP contribution in [-0.4, -0.2) is 25.2 Å². The van der Waals surface area contributed by atoms with Crippen LogP contribution < -0.4 is 0 Å². The Morgan fingerprint density at radius 1 is 0.677 bits per heavy atom. The zero-order valence-electron chi connectivity index (χ0n) is 21.4. The molecule has 0 aliphatic carbocycles. The molecule has 0 aliphatic heterocycles. The molecule has 0 aliphatic rings. The summed E-state index contributed by atoms with van der Waals surface area (Å²) in [6, 6.07) is 0. The lowest BCUT2D eigenvalue weighted by atomic mass is 9.77. The minimum absolute atomic E-state index is 0.0697. The summed E-state index contributed by atoms with van der Waals surface area (Å²) >= 11 is 0. The van der Waals surface area contributed by atoms with Crippen molar-refractivity contribution < 1.29 is 19.1 Å². The SMILES string of the molecule is CCCCCCCCCCOC(=O)CC[C@H](C)C(C)(C)C(=O)OCCCCCCCC. The van der Waals surface area contributed by atoms with E-state index < -0.39 is 5.41 Å². The van der Waals surface area contributed by atoms with Gasteiger partial charge < -0.3 is 9.47 Å². The third kappa shape index (κ3) is 16.3. The van der Waals surface area contributed by atoms with Gasteiger partial charge in [0.05, 0.1) is 18.6 Å². The largest absolute Gasteiger partial charge is 0.466 e. The summed E-state index contributed by atoms with van der Waals surface area (Å²) in [5.41, 5.74) is -0.583. The van der Waals surface area contributed by atoms with Crippen molar-refractivity contribution >= 4 is 11.9 Å². The smallest absolute Gasteiger partial charge is 0.311 e. The second-order valence-corrected chi connectivity index (χ2v) is 9.76. The maximum Gasteiger partial charge on any atom is 0.311 e. The van der Waals surface area contributed by atoms with E-state index in [2.05, 4.69) is 13.8 Å². The number of carbonyl (C=O) groups is 2. The van der Waals surface area contributed by atoms with Gasteiger partial charge in [-0.2, -0.15) is 0 Å². The Labute approximate surface area is 193 Å². The van der Waals surface area contributed by atoms with Crippen LogP contribution in [0, 0.1) is 11.3 Å². The third-order valence-corrected chi connectivity index (χ3v) is 6.53. The molecule has 31 heavy (non-hydrogen) atoms. The van der Waals surface area contributed by atoms with Crippen LogP contribution in [-0.2, 0) is 19.1 Å². The zero-order valence-corrected chi connectivity index (χ0v) is 21.4. The van der Waals surface area contributed by atoms with Gasteiger partial charge in [0.15, 0.2) is 0 Å². The molecule has 0 saturated carbocycles. The number of ether oxygens (including phenoxy) is 2. The van der Waals surface area contributed by atoms with Crippen molar-refractivity contribution in [2.45, 2.75) is 137 Å². The summed E-state index contributed by atoms with van der Waals surface area (Å²) < 4.78 is 10.9. The van der Waals surface area contributed by atoms with Crippen LogP contribution in [0.1, 0.15) is 137 Å². The molecule has 0 rings (SSSR count). The molecular weight excluding hydrogens is 388 g/mol. The fourth-order valence-electron chi connectivity index (χ4n) is 3.62. The second-order valence-electron chi connectivity index (χ2n) is 9.76. The summed E-state index contributed by atoms with van der Waals surface area (Å²) in [7, 11) is 0. The standard InChI is InChI=1S/C27H52O4/c1-6-8-10-12-14-15-17-18-22-30-25(28)21-20-24(3)27(4,5)26(29)31-23-19-16-13-11-9-7-2/h24H,6-23H2,1-5H3/t24-/m0/s1. The third-order valence-electron chi connectivity index (χ3n) is 6.53. The number of hydrogen-bond donors (Lipinski definition) is 0. The summed E-state index contributed by atoms with van der Waals surface area (Å²) in [5, 5.41) is 0. The lowest BCUT2D eigenvalue weighted by Gasteiger charge is -2.29. The van der Waals surface area contributed by atoms with Gasteiger partial charge in [0.1, 0.15) is 0 Å². The van der Waals surface area contributed by atoms with Gasteiger partial charge in [0, 0.05) is 6.42 Å². The van der Waals surface area contributed by atoms with Crippen LogP contribution in [0.4, 0.5) is 0 Å². The first-order valence-electron chi connectivity index (χ1n) is 13.2. The van der Waals surface area contributed by atoms with E-state index >= 15 is 0 Å². The average molecular weight is 441 g/mol. The summed E-state index contributed by atoms with van der Waals surface area (Å²) in [6.07, 6.45) is 18.0. The molecule has 0 fully saturated rings. The van der Waals surface area contributed by atoms with Crippen LogP contribution in [0.15, 0.2) is 0 Å². The average Bonchev–Trinajstić information content (AvgIpc) is 2.75. The molecule has 0 aromatic carbocycles. The van der Waals surface area contributed by atoms with Crippen LogP contribution >= 0.6 is 0 Å². The minimum Gasteiger partial charge on any atom is -0.466 e. The number of unbranched alkanes of at least 4 members (excludes halogenated alkanes) is 12. The molecule has 0 unspecified atom stereocenters. The Balaban J connectivity index is 3.84. The second kappa shape index (κ2) is 19.6. The Morgan fingerprint density at radius 3 is 1.58 bits per heavy atom. The van der Waals surface area contributed by atoms with Crippen LogP contribution in [0.3, 0.4) is 0 Å². The molecule has 4 heteroatoms. The monoisotopic (exact) mass is 440 g/mol. The molecule has 0 aromatic heterocycles. The first kappa shape index (κ1) is 29.9. The summed E-state index contributed by atoms with van der Waals surface area (Å²) in [6.45, 7) is 11.3. The van der Waals surface area contributed by atoms with Crippen LogP contribution in [0.25, 0.3) is 0 Å². The van der Waals surface area contributed by atoms with E-state index in [1.165, 1.54) is 64.2 Å². The molecule has 0 spiro atoms. The molecule has 1 atom stereocenters. The van der Waals surface area contributed by atoms with Crippen LogP contribution in [0.2, 0.25) is 0 Å². The van der Waals surface area contributed by atoms with Gasteiger partial charge in [-0.05, 0) is 39.0 Å². The number of esters is 2. The van der Waals surface area contributed by atoms with E-state index in [0.29, 0.717) is 26.1 Å². The van der Waals surface area contributed by atoms with Crippen molar-refractivity contribution in [2.75, 3.05) is 13.2 Å². The molecule has 0 saturated heterocycles. The maximum absolute atomic E-state index is 12.5. The molecule has 0 heterocycles. The van der Waals surface area contributed by atoms with Gasteiger partial charge >= 0.3 is 11.9 Å². The molecule has 0 aromatic rings. The van der Waals surface area contributed by atoms with E-state index in [4.69, 9.17) is 9.47 Å². The number of hydrogen-bond acceptors (Lipinski definition) is 4. The number of carbonyl (C=O) groups excluding carboxylic acids is 2. The Kier molecular flexibility index (Phi) is 18.9.